The number of rotatable bonds is 5. The van der Waals surface area contributed by atoms with E-state index >= 15 is 0 Å². The van der Waals surface area contributed by atoms with Crippen LogP contribution in [-0.4, -0.2) is 33.9 Å². The van der Waals surface area contributed by atoms with E-state index in [4.69, 9.17) is 24.3 Å². The van der Waals surface area contributed by atoms with Crippen LogP contribution in [0.1, 0.15) is 22.6 Å². The average Bonchev–Trinajstić information content (AvgIpc) is 2.84. The molecule has 0 saturated heterocycles. The lowest BCUT2D eigenvalue weighted by molar-refractivity contribution is -0.159. The Morgan fingerprint density at radius 1 is 1.13 bits per heavy atom. The van der Waals surface area contributed by atoms with Crippen LogP contribution in [0.25, 0.3) is 0 Å². The number of carbonyl (C=O) groups is 2. The molecule has 0 atom stereocenters. The van der Waals surface area contributed by atoms with Crippen molar-refractivity contribution in [2.75, 3.05) is 6.54 Å². The maximum atomic E-state index is 9.10. The monoisotopic (exact) mass is 320 g/mol. The molecule has 7 nitrogen and oxygen atoms in total. The number of aryl methyl sites for hydroxylation is 2. The first kappa shape index (κ1) is 18.4. The molecule has 0 aliphatic carbocycles. The lowest BCUT2D eigenvalue weighted by Crippen LogP contribution is -2.17. The van der Waals surface area contributed by atoms with Gasteiger partial charge in [0.2, 0.25) is 0 Å². The fourth-order valence-corrected chi connectivity index (χ4v) is 1.85. The molecular weight excluding hydrogens is 300 g/mol. The number of hydrogen-bond donors (Lipinski definition) is 3. The van der Waals surface area contributed by atoms with E-state index in [1.807, 2.05) is 19.9 Å². The van der Waals surface area contributed by atoms with Crippen LogP contribution in [0.3, 0.4) is 0 Å². The van der Waals surface area contributed by atoms with Crippen molar-refractivity contribution in [3.63, 3.8) is 0 Å². The van der Waals surface area contributed by atoms with Crippen molar-refractivity contribution in [2.24, 2.45) is 0 Å². The lowest BCUT2D eigenvalue weighted by Gasteiger charge is -2.04. The smallest absolute Gasteiger partial charge is 0.414 e. The summed E-state index contributed by atoms with van der Waals surface area (Å²) >= 11 is 0. The Hall–Kier alpha value is -2.67. The van der Waals surface area contributed by atoms with Crippen LogP contribution in [0.4, 0.5) is 0 Å². The van der Waals surface area contributed by atoms with E-state index in [0.29, 0.717) is 0 Å². The van der Waals surface area contributed by atoms with Gasteiger partial charge in [0, 0.05) is 12.1 Å². The second-order valence-corrected chi connectivity index (χ2v) is 4.83. The van der Waals surface area contributed by atoms with Gasteiger partial charge < -0.3 is 20.1 Å². The first-order valence-corrected chi connectivity index (χ1v) is 7.04. The molecule has 0 unspecified atom stereocenters. The Morgan fingerprint density at radius 2 is 1.74 bits per heavy atom. The van der Waals surface area contributed by atoms with E-state index in [0.717, 1.165) is 31.0 Å². The first-order chi connectivity index (χ1) is 10.9. The van der Waals surface area contributed by atoms with Crippen molar-refractivity contribution in [1.29, 1.82) is 0 Å². The molecule has 1 heterocycles. The van der Waals surface area contributed by atoms with Gasteiger partial charge in [0.15, 0.2) is 0 Å². The normalized spacial score (nSPS) is 9.83. The molecule has 0 bridgehead atoms. The standard InChI is InChI=1S/C14H18N2O.C2H2O4/c1-11-14(12(2)17-16-11)10-15-9-8-13-6-4-3-5-7-13;3-1(4)2(5)6/h3-7,15H,8-10H2,1-2H3;(H,3,4)(H,5,6). The summed E-state index contributed by atoms with van der Waals surface area (Å²) in [5, 5.41) is 22.1. The number of carboxylic acids is 2. The van der Waals surface area contributed by atoms with Crippen LogP contribution in [-0.2, 0) is 22.6 Å². The Morgan fingerprint density at radius 3 is 2.22 bits per heavy atom. The molecule has 2 aromatic rings. The molecular formula is C16H20N2O5. The minimum absolute atomic E-state index is 0.827. The summed E-state index contributed by atoms with van der Waals surface area (Å²) in [4.78, 5) is 18.2. The molecule has 2 rings (SSSR count). The minimum atomic E-state index is -1.82. The second-order valence-electron chi connectivity index (χ2n) is 4.83. The fourth-order valence-electron chi connectivity index (χ4n) is 1.85. The summed E-state index contributed by atoms with van der Waals surface area (Å²) in [5.41, 5.74) is 3.52. The van der Waals surface area contributed by atoms with Crippen molar-refractivity contribution < 1.29 is 24.3 Å². The quantitative estimate of drug-likeness (QED) is 0.568. The minimum Gasteiger partial charge on any atom is -0.473 e. The van der Waals surface area contributed by atoms with E-state index < -0.39 is 11.9 Å². The highest BCUT2D eigenvalue weighted by Gasteiger charge is 2.07. The molecule has 0 fully saturated rings. The molecule has 0 saturated carbocycles. The van der Waals surface area contributed by atoms with Gasteiger partial charge in [-0.2, -0.15) is 0 Å². The Kier molecular flexibility index (Phi) is 7.49. The molecule has 3 N–H and O–H groups in total. The zero-order valence-corrected chi connectivity index (χ0v) is 13.1. The highest BCUT2D eigenvalue weighted by Crippen LogP contribution is 2.11. The van der Waals surface area contributed by atoms with Crippen LogP contribution in [0.15, 0.2) is 34.9 Å². The van der Waals surface area contributed by atoms with Crippen molar-refractivity contribution in [3.8, 4) is 0 Å². The second kappa shape index (κ2) is 9.37. The van der Waals surface area contributed by atoms with E-state index in [1.54, 1.807) is 0 Å². The zero-order chi connectivity index (χ0) is 17.2. The maximum Gasteiger partial charge on any atom is 0.414 e. The van der Waals surface area contributed by atoms with E-state index in [1.165, 1.54) is 11.1 Å². The number of nitrogens with one attached hydrogen (secondary N) is 1. The van der Waals surface area contributed by atoms with E-state index in [2.05, 4.69) is 34.7 Å². The van der Waals surface area contributed by atoms with Crippen LogP contribution in [0, 0.1) is 13.8 Å². The molecule has 1 aromatic carbocycles. The summed E-state index contributed by atoms with van der Waals surface area (Å²) in [6.45, 7) is 5.72. The van der Waals surface area contributed by atoms with Gasteiger partial charge >= 0.3 is 11.9 Å². The van der Waals surface area contributed by atoms with Crippen molar-refractivity contribution in [3.05, 3.63) is 52.9 Å². The summed E-state index contributed by atoms with van der Waals surface area (Å²) in [7, 11) is 0. The average molecular weight is 320 g/mol. The Bertz CT molecular complexity index is 606. The van der Waals surface area contributed by atoms with Gasteiger partial charge in [-0.25, -0.2) is 9.59 Å². The molecule has 0 aliphatic heterocycles. The summed E-state index contributed by atoms with van der Waals surface area (Å²) in [5.74, 6) is -2.74. The van der Waals surface area contributed by atoms with Gasteiger partial charge in [0.05, 0.1) is 5.69 Å². The maximum absolute atomic E-state index is 9.10. The molecule has 7 heteroatoms. The molecule has 0 spiro atoms. The molecule has 1 aromatic heterocycles. The van der Waals surface area contributed by atoms with Crippen molar-refractivity contribution >= 4 is 11.9 Å². The lowest BCUT2D eigenvalue weighted by atomic mass is 10.1. The fraction of sp³-hybridized carbons (Fsp3) is 0.312. The first-order valence-electron chi connectivity index (χ1n) is 7.04. The number of nitrogens with zero attached hydrogens (tertiary/aromatic N) is 1. The topological polar surface area (TPSA) is 113 Å². The largest absolute Gasteiger partial charge is 0.473 e. The number of hydrogen-bond acceptors (Lipinski definition) is 5. The summed E-state index contributed by atoms with van der Waals surface area (Å²) in [6, 6.07) is 10.5. The number of carboxylic acid groups (broad SMARTS) is 2. The van der Waals surface area contributed by atoms with Crippen molar-refractivity contribution in [1.82, 2.24) is 10.5 Å². The van der Waals surface area contributed by atoms with E-state index in [-0.39, 0.29) is 0 Å². The van der Waals surface area contributed by atoms with Crippen LogP contribution < -0.4 is 5.32 Å². The predicted octanol–water partition coefficient (Wildman–Crippen LogP) is 1.78. The molecule has 23 heavy (non-hydrogen) atoms. The third-order valence-corrected chi connectivity index (χ3v) is 3.10. The van der Waals surface area contributed by atoms with Crippen LogP contribution in [0.2, 0.25) is 0 Å². The number of benzene rings is 1. The van der Waals surface area contributed by atoms with Gasteiger partial charge in [-0.05, 0) is 32.4 Å². The molecule has 0 amide bonds. The van der Waals surface area contributed by atoms with Gasteiger partial charge in [0.1, 0.15) is 5.76 Å². The highest BCUT2D eigenvalue weighted by atomic mass is 16.5. The molecule has 0 aliphatic rings. The van der Waals surface area contributed by atoms with Gasteiger partial charge in [-0.1, -0.05) is 35.5 Å². The SMILES string of the molecule is Cc1noc(C)c1CNCCc1ccccc1.O=C(O)C(=O)O. The van der Waals surface area contributed by atoms with Gasteiger partial charge in [0.25, 0.3) is 0 Å². The van der Waals surface area contributed by atoms with Crippen molar-refractivity contribution in [2.45, 2.75) is 26.8 Å². The molecule has 0 radical (unpaired) electrons. The Balaban J connectivity index is 0.000000379. The van der Waals surface area contributed by atoms with E-state index in [9.17, 15) is 0 Å². The van der Waals surface area contributed by atoms with Crippen LogP contribution >= 0.6 is 0 Å². The zero-order valence-electron chi connectivity index (χ0n) is 13.1. The van der Waals surface area contributed by atoms with Gasteiger partial charge in [-0.15, -0.1) is 0 Å². The van der Waals surface area contributed by atoms with Crippen LogP contribution in [0.5, 0.6) is 0 Å². The predicted molar refractivity (Wildman–Crippen MR) is 83.1 cm³/mol. The molecule has 124 valence electrons. The third-order valence-electron chi connectivity index (χ3n) is 3.10. The highest BCUT2D eigenvalue weighted by molar-refractivity contribution is 6.27. The third kappa shape index (κ3) is 6.75. The van der Waals surface area contributed by atoms with Gasteiger partial charge in [-0.3, -0.25) is 0 Å². The summed E-state index contributed by atoms with van der Waals surface area (Å²) in [6.07, 6.45) is 1.05. The summed E-state index contributed by atoms with van der Waals surface area (Å²) < 4.78 is 5.12. The number of aliphatic carboxylic acids is 2. The Labute approximate surface area is 133 Å². The number of aromatic nitrogens is 1.